The monoisotopic (exact) mass is 483 g/mol. The Morgan fingerprint density at radius 1 is 0.703 bits per heavy atom. The summed E-state index contributed by atoms with van der Waals surface area (Å²) < 4.78 is 12.2. The van der Waals surface area contributed by atoms with Gasteiger partial charge >= 0.3 is 0 Å². The predicted octanol–water partition coefficient (Wildman–Crippen LogP) is 8.28. The van der Waals surface area contributed by atoms with Crippen molar-refractivity contribution in [3.63, 3.8) is 0 Å². The van der Waals surface area contributed by atoms with Crippen LogP contribution in [0.15, 0.2) is 115 Å². The molecule has 37 heavy (non-hydrogen) atoms. The van der Waals surface area contributed by atoms with Crippen molar-refractivity contribution in [2.75, 3.05) is 18.5 Å². The van der Waals surface area contributed by atoms with Gasteiger partial charge in [-0.15, -0.1) is 0 Å². The molecule has 3 heteroatoms. The Morgan fingerprint density at radius 3 is 2.19 bits per heavy atom. The van der Waals surface area contributed by atoms with Crippen LogP contribution in [0.5, 0.6) is 11.5 Å². The van der Waals surface area contributed by atoms with Gasteiger partial charge in [-0.05, 0) is 69.3 Å². The Bertz CT molecular complexity index is 1550. The lowest BCUT2D eigenvalue weighted by atomic mass is 9.75. The van der Waals surface area contributed by atoms with E-state index in [0.29, 0.717) is 25.0 Å². The van der Waals surface area contributed by atoms with Crippen LogP contribution in [-0.2, 0) is 0 Å². The lowest BCUT2D eigenvalue weighted by Crippen LogP contribution is -2.30. The van der Waals surface area contributed by atoms with E-state index in [9.17, 15) is 0 Å². The van der Waals surface area contributed by atoms with Gasteiger partial charge in [0.25, 0.3) is 0 Å². The second-order valence-electron chi connectivity index (χ2n) is 9.94. The normalized spacial score (nSPS) is 19.8. The summed E-state index contributed by atoms with van der Waals surface area (Å²) in [5, 5.41) is 9.21. The van der Waals surface area contributed by atoms with E-state index in [1.807, 2.05) is 30.3 Å². The second-order valence-corrected chi connectivity index (χ2v) is 9.94. The first-order valence-electron chi connectivity index (χ1n) is 13.1. The lowest BCUT2D eigenvalue weighted by molar-refractivity contribution is 0.217. The lowest BCUT2D eigenvalue weighted by Gasteiger charge is -2.39. The van der Waals surface area contributed by atoms with Gasteiger partial charge < -0.3 is 14.8 Å². The summed E-state index contributed by atoms with van der Waals surface area (Å²) >= 11 is 0. The molecule has 7 rings (SSSR count). The zero-order chi connectivity index (χ0) is 24.6. The molecule has 0 amide bonds. The minimum absolute atomic E-state index is 0.175. The summed E-state index contributed by atoms with van der Waals surface area (Å²) in [7, 11) is 0. The maximum absolute atomic E-state index is 6.32. The molecule has 0 bridgehead atoms. The van der Waals surface area contributed by atoms with E-state index in [-0.39, 0.29) is 6.04 Å². The number of rotatable bonds is 6. The van der Waals surface area contributed by atoms with E-state index in [2.05, 4.69) is 90.3 Å². The largest absolute Gasteiger partial charge is 0.490 e. The Balaban J connectivity index is 1.26. The highest BCUT2D eigenvalue weighted by Gasteiger charge is 2.40. The molecule has 0 saturated heterocycles. The molecule has 5 aromatic rings. The van der Waals surface area contributed by atoms with E-state index in [1.54, 1.807) is 0 Å². The number of anilines is 1. The van der Waals surface area contributed by atoms with Crippen molar-refractivity contribution >= 4 is 27.2 Å². The molecule has 1 N–H and O–H groups in total. The standard InChI is InChI=1S/C34H29NO2/c1-2-12-25(13-3-1)36-20-21-37-31-19-9-18-29-28-16-8-17-30(28)34(35-33(29)31)32-26-14-6-4-10-23(26)22-24-11-5-7-15-27(24)32/h1-16,18-19,22,28,30,34-35H,17,20-21H2. The van der Waals surface area contributed by atoms with Crippen LogP contribution in [0.1, 0.15) is 29.5 Å². The van der Waals surface area contributed by atoms with E-state index < -0.39 is 0 Å². The van der Waals surface area contributed by atoms with Crippen molar-refractivity contribution in [3.8, 4) is 11.5 Å². The number of ether oxygens (including phenoxy) is 2. The number of hydrogen-bond donors (Lipinski definition) is 1. The molecule has 3 atom stereocenters. The second kappa shape index (κ2) is 9.33. The van der Waals surface area contributed by atoms with Gasteiger partial charge in [0.2, 0.25) is 0 Å². The molecule has 0 saturated carbocycles. The maximum Gasteiger partial charge on any atom is 0.142 e. The quantitative estimate of drug-likeness (QED) is 0.150. The molecule has 3 nitrogen and oxygen atoms in total. The van der Waals surface area contributed by atoms with Gasteiger partial charge in [-0.3, -0.25) is 0 Å². The third kappa shape index (κ3) is 3.92. The number of benzene rings is 5. The van der Waals surface area contributed by atoms with Crippen LogP contribution in [0.2, 0.25) is 0 Å². The highest BCUT2D eigenvalue weighted by atomic mass is 16.5. The zero-order valence-corrected chi connectivity index (χ0v) is 20.6. The van der Waals surface area contributed by atoms with Gasteiger partial charge in [-0.2, -0.15) is 0 Å². The van der Waals surface area contributed by atoms with Crippen molar-refractivity contribution < 1.29 is 9.47 Å². The maximum atomic E-state index is 6.32. The number of allylic oxidation sites excluding steroid dienone is 2. The average Bonchev–Trinajstić information content (AvgIpc) is 3.45. The Morgan fingerprint density at radius 2 is 1.41 bits per heavy atom. The first-order chi connectivity index (χ1) is 18.4. The third-order valence-electron chi connectivity index (χ3n) is 7.84. The Hall–Kier alpha value is -4.24. The number of fused-ring (bicyclic) bond motifs is 5. The summed E-state index contributed by atoms with van der Waals surface area (Å²) in [5.74, 6) is 2.57. The summed E-state index contributed by atoms with van der Waals surface area (Å²) in [6.07, 6.45) is 5.82. The van der Waals surface area contributed by atoms with Gasteiger partial charge in [0.1, 0.15) is 24.7 Å². The average molecular weight is 484 g/mol. The minimum Gasteiger partial charge on any atom is -0.490 e. The molecule has 5 aromatic carbocycles. The third-order valence-corrected chi connectivity index (χ3v) is 7.84. The van der Waals surface area contributed by atoms with Crippen molar-refractivity contribution in [2.24, 2.45) is 5.92 Å². The van der Waals surface area contributed by atoms with E-state index >= 15 is 0 Å². The first-order valence-corrected chi connectivity index (χ1v) is 13.1. The van der Waals surface area contributed by atoms with Crippen LogP contribution in [0.25, 0.3) is 21.5 Å². The molecule has 1 aliphatic heterocycles. The van der Waals surface area contributed by atoms with Crippen molar-refractivity contribution in [3.05, 3.63) is 126 Å². The summed E-state index contributed by atoms with van der Waals surface area (Å²) in [5.41, 5.74) is 3.82. The molecule has 0 fully saturated rings. The Labute approximate surface area is 217 Å². The van der Waals surface area contributed by atoms with E-state index in [1.165, 1.54) is 32.7 Å². The summed E-state index contributed by atoms with van der Waals surface area (Å²) in [4.78, 5) is 0. The van der Waals surface area contributed by atoms with Crippen molar-refractivity contribution in [1.82, 2.24) is 0 Å². The number of para-hydroxylation sites is 2. The molecule has 3 unspecified atom stereocenters. The Kier molecular flexibility index (Phi) is 5.55. The molecular weight excluding hydrogens is 454 g/mol. The molecule has 182 valence electrons. The number of nitrogens with one attached hydrogen (secondary N) is 1. The minimum atomic E-state index is 0.175. The summed E-state index contributed by atoms with van der Waals surface area (Å²) in [6, 6.07) is 36.4. The van der Waals surface area contributed by atoms with Crippen LogP contribution < -0.4 is 14.8 Å². The van der Waals surface area contributed by atoms with Gasteiger partial charge in [-0.1, -0.05) is 91.0 Å². The topological polar surface area (TPSA) is 30.5 Å². The van der Waals surface area contributed by atoms with E-state index in [4.69, 9.17) is 9.47 Å². The van der Waals surface area contributed by atoms with Crippen LogP contribution in [-0.4, -0.2) is 13.2 Å². The van der Waals surface area contributed by atoms with Gasteiger partial charge in [0.15, 0.2) is 0 Å². The highest BCUT2D eigenvalue weighted by molar-refractivity contribution is 6.03. The van der Waals surface area contributed by atoms with Crippen LogP contribution in [0.3, 0.4) is 0 Å². The first kappa shape index (κ1) is 22.0. The van der Waals surface area contributed by atoms with Crippen LogP contribution >= 0.6 is 0 Å². The molecule has 0 radical (unpaired) electrons. The SMILES string of the molecule is C1=CC2c3cccc(OCCOc4ccccc4)c3NC(c3c4ccccc4cc4ccccc34)C2C1. The van der Waals surface area contributed by atoms with Crippen LogP contribution in [0, 0.1) is 5.92 Å². The fourth-order valence-electron chi connectivity index (χ4n) is 6.21. The summed E-state index contributed by atoms with van der Waals surface area (Å²) in [6.45, 7) is 0.982. The fourth-order valence-corrected chi connectivity index (χ4v) is 6.21. The van der Waals surface area contributed by atoms with Gasteiger partial charge in [0, 0.05) is 5.92 Å². The van der Waals surface area contributed by atoms with E-state index in [0.717, 1.165) is 23.6 Å². The van der Waals surface area contributed by atoms with Gasteiger partial charge in [0.05, 0.1) is 11.7 Å². The van der Waals surface area contributed by atoms with Crippen molar-refractivity contribution in [1.29, 1.82) is 0 Å². The molecule has 0 spiro atoms. The smallest absolute Gasteiger partial charge is 0.142 e. The molecular formula is C34H29NO2. The predicted molar refractivity (Wildman–Crippen MR) is 152 cm³/mol. The van der Waals surface area contributed by atoms with Crippen LogP contribution in [0.4, 0.5) is 5.69 Å². The molecule has 0 aromatic heterocycles. The number of hydrogen-bond acceptors (Lipinski definition) is 3. The van der Waals surface area contributed by atoms with Crippen molar-refractivity contribution in [2.45, 2.75) is 18.4 Å². The zero-order valence-electron chi connectivity index (χ0n) is 20.6. The molecule has 1 aliphatic carbocycles. The molecule has 1 heterocycles. The molecule has 2 aliphatic rings. The van der Waals surface area contributed by atoms with Gasteiger partial charge in [-0.25, -0.2) is 0 Å². The highest BCUT2D eigenvalue weighted by Crippen LogP contribution is 2.54. The fraction of sp³-hybridized carbons (Fsp3) is 0.176.